The van der Waals surface area contributed by atoms with Crippen LogP contribution in [0, 0.1) is 11.6 Å². The maximum atomic E-state index is 14.9. The predicted octanol–water partition coefficient (Wildman–Crippen LogP) is 4.98. The van der Waals surface area contributed by atoms with Crippen molar-refractivity contribution in [2.45, 2.75) is 65.0 Å². The molecule has 2 N–H and O–H groups in total. The second-order valence-corrected chi connectivity index (χ2v) is 8.40. The number of nitrogens with one attached hydrogen (secondary N) is 2. The number of nitrogens with zero attached hydrogens (tertiary/aromatic N) is 2. The van der Waals surface area contributed by atoms with E-state index in [1.807, 2.05) is 33.9 Å². The molecule has 1 aliphatic heterocycles. The van der Waals surface area contributed by atoms with Crippen LogP contribution in [0.3, 0.4) is 0 Å². The molecule has 1 aromatic heterocycles. The van der Waals surface area contributed by atoms with Gasteiger partial charge < -0.3 is 10.6 Å². The topological polar surface area (TPSA) is 49.8 Å². The molecular weight excluding hydrogens is 358 g/mol. The number of benzene rings is 1. The minimum absolute atomic E-state index is 0.147. The van der Waals surface area contributed by atoms with E-state index in [9.17, 15) is 8.78 Å². The molecule has 1 aliphatic rings. The lowest BCUT2D eigenvalue weighted by Crippen LogP contribution is -2.20. The highest BCUT2D eigenvalue weighted by Crippen LogP contribution is 2.30. The SMILES string of the molecule is CC[C@H]1CC(NC(C)c2cc(F)c(-c3cc(C(C)(C)C)ncn3)cc2F)=CN1. The smallest absolute Gasteiger partial charge is 0.133 e. The van der Waals surface area contributed by atoms with E-state index in [2.05, 4.69) is 27.5 Å². The highest BCUT2D eigenvalue weighted by atomic mass is 19.1. The molecule has 0 amide bonds. The number of rotatable bonds is 5. The highest BCUT2D eigenvalue weighted by Gasteiger charge is 2.22. The van der Waals surface area contributed by atoms with Gasteiger partial charge in [-0.15, -0.1) is 0 Å². The Morgan fingerprint density at radius 3 is 2.57 bits per heavy atom. The lowest BCUT2D eigenvalue weighted by molar-refractivity contribution is 0.535. The molecule has 1 unspecified atom stereocenters. The Labute approximate surface area is 165 Å². The van der Waals surface area contributed by atoms with Crippen molar-refractivity contribution in [1.29, 1.82) is 0 Å². The average Bonchev–Trinajstić information content (AvgIpc) is 3.10. The molecule has 2 aromatic rings. The molecule has 6 heteroatoms. The summed E-state index contributed by atoms with van der Waals surface area (Å²) in [5.74, 6) is -0.945. The summed E-state index contributed by atoms with van der Waals surface area (Å²) < 4.78 is 29.7. The molecule has 150 valence electrons. The summed E-state index contributed by atoms with van der Waals surface area (Å²) >= 11 is 0. The van der Waals surface area contributed by atoms with Crippen molar-refractivity contribution < 1.29 is 8.78 Å². The van der Waals surface area contributed by atoms with Crippen molar-refractivity contribution in [2.75, 3.05) is 0 Å². The van der Waals surface area contributed by atoms with Crippen LogP contribution in [0.5, 0.6) is 0 Å². The second-order valence-electron chi connectivity index (χ2n) is 8.40. The van der Waals surface area contributed by atoms with Crippen LogP contribution >= 0.6 is 0 Å². The normalized spacial score (nSPS) is 17.8. The highest BCUT2D eigenvalue weighted by molar-refractivity contribution is 5.61. The summed E-state index contributed by atoms with van der Waals surface area (Å²) in [4.78, 5) is 8.40. The van der Waals surface area contributed by atoms with E-state index in [-0.39, 0.29) is 17.0 Å². The Balaban J connectivity index is 1.85. The summed E-state index contributed by atoms with van der Waals surface area (Å²) in [6.07, 6.45) is 5.19. The fourth-order valence-corrected chi connectivity index (χ4v) is 3.33. The van der Waals surface area contributed by atoms with E-state index in [1.54, 1.807) is 6.07 Å². The maximum absolute atomic E-state index is 14.9. The Morgan fingerprint density at radius 2 is 1.93 bits per heavy atom. The van der Waals surface area contributed by atoms with Crippen molar-refractivity contribution >= 4 is 0 Å². The molecule has 0 fully saturated rings. The van der Waals surface area contributed by atoms with Gasteiger partial charge >= 0.3 is 0 Å². The van der Waals surface area contributed by atoms with E-state index in [4.69, 9.17) is 0 Å². The Bertz CT molecular complexity index is 887. The van der Waals surface area contributed by atoms with Gasteiger partial charge in [0.25, 0.3) is 0 Å². The summed E-state index contributed by atoms with van der Waals surface area (Å²) in [6.45, 7) is 10.00. The van der Waals surface area contributed by atoms with Crippen molar-refractivity contribution in [3.05, 3.63) is 59.3 Å². The van der Waals surface area contributed by atoms with E-state index < -0.39 is 11.6 Å². The number of hydrogen-bond donors (Lipinski definition) is 2. The average molecular weight is 386 g/mol. The van der Waals surface area contributed by atoms with Crippen molar-refractivity contribution in [3.63, 3.8) is 0 Å². The van der Waals surface area contributed by atoms with Gasteiger partial charge in [0, 0.05) is 46.6 Å². The quantitative estimate of drug-likeness (QED) is 0.761. The maximum Gasteiger partial charge on any atom is 0.133 e. The molecule has 28 heavy (non-hydrogen) atoms. The Kier molecular flexibility index (Phi) is 5.68. The Hall–Kier alpha value is -2.50. The van der Waals surface area contributed by atoms with Crippen molar-refractivity contribution in [1.82, 2.24) is 20.6 Å². The van der Waals surface area contributed by atoms with Gasteiger partial charge in [0.05, 0.1) is 11.7 Å². The van der Waals surface area contributed by atoms with Crippen LogP contribution in [-0.2, 0) is 5.41 Å². The van der Waals surface area contributed by atoms with Gasteiger partial charge in [-0.25, -0.2) is 18.7 Å². The first-order valence-electron chi connectivity index (χ1n) is 9.72. The molecule has 2 heterocycles. The first kappa shape index (κ1) is 20.2. The standard InChI is InChI=1S/C22H28F2N4/c1-6-14-7-15(11-25-14)28-13(2)16-8-19(24)17(9-18(16)23)20-10-21(22(3,4)5)27-12-26-20/h8-14,25,28H,6-7H2,1-5H3/t13?,14-/m0/s1. The number of halogens is 2. The lowest BCUT2D eigenvalue weighted by atomic mass is 9.91. The van der Waals surface area contributed by atoms with Crippen LogP contribution in [0.25, 0.3) is 11.3 Å². The van der Waals surface area contributed by atoms with E-state index in [0.29, 0.717) is 17.3 Å². The van der Waals surface area contributed by atoms with Gasteiger partial charge in [-0.3, -0.25) is 0 Å². The fraction of sp³-hybridized carbons (Fsp3) is 0.455. The minimum atomic E-state index is -0.492. The first-order valence-corrected chi connectivity index (χ1v) is 9.72. The first-order chi connectivity index (χ1) is 13.2. The largest absolute Gasteiger partial charge is 0.386 e. The van der Waals surface area contributed by atoms with E-state index in [0.717, 1.165) is 24.2 Å². The zero-order valence-corrected chi connectivity index (χ0v) is 17.1. The molecule has 0 bridgehead atoms. The van der Waals surface area contributed by atoms with Crippen molar-refractivity contribution in [3.8, 4) is 11.3 Å². The molecule has 1 aromatic carbocycles. The molecule has 0 radical (unpaired) electrons. The Morgan fingerprint density at radius 1 is 1.18 bits per heavy atom. The van der Waals surface area contributed by atoms with Crippen LogP contribution in [-0.4, -0.2) is 16.0 Å². The van der Waals surface area contributed by atoms with Crippen LogP contribution < -0.4 is 10.6 Å². The second kappa shape index (κ2) is 7.86. The zero-order chi connectivity index (χ0) is 20.5. The zero-order valence-electron chi connectivity index (χ0n) is 17.1. The van der Waals surface area contributed by atoms with Crippen molar-refractivity contribution in [2.24, 2.45) is 0 Å². The number of aromatic nitrogens is 2. The third kappa shape index (κ3) is 4.32. The molecule has 3 rings (SSSR count). The van der Waals surface area contributed by atoms with Gasteiger partial charge in [-0.2, -0.15) is 0 Å². The van der Waals surface area contributed by atoms with Gasteiger partial charge in [-0.05, 0) is 31.5 Å². The van der Waals surface area contributed by atoms with Gasteiger partial charge in [0.1, 0.15) is 18.0 Å². The molecular formula is C22H28F2N4. The summed E-state index contributed by atoms with van der Waals surface area (Å²) in [5.41, 5.74) is 2.42. The number of hydrogen-bond acceptors (Lipinski definition) is 4. The molecule has 0 saturated heterocycles. The molecule has 4 nitrogen and oxygen atoms in total. The third-order valence-corrected chi connectivity index (χ3v) is 5.12. The van der Waals surface area contributed by atoms with Crippen LogP contribution in [0.1, 0.15) is 64.8 Å². The molecule has 2 atom stereocenters. The fourth-order valence-electron chi connectivity index (χ4n) is 3.33. The molecule has 0 spiro atoms. The van der Waals surface area contributed by atoms with E-state index in [1.165, 1.54) is 18.5 Å². The molecule has 0 aliphatic carbocycles. The van der Waals surface area contributed by atoms with Gasteiger partial charge in [-0.1, -0.05) is 27.7 Å². The monoisotopic (exact) mass is 386 g/mol. The van der Waals surface area contributed by atoms with E-state index >= 15 is 0 Å². The summed E-state index contributed by atoms with van der Waals surface area (Å²) in [7, 11) is 0. The third-order valence-electron chi connectivity index (χ3n) is 5.12. The predicted molar refractivity (Wildman–Crippen MR) is 108 cm³/mol. The van der Waals surface area contributed by atoms with Crippen LogP contribution in [0.2, 0.25) is 0 Å². The van der Waals surface area contributed by atoms with Crippen LogP contribution in [0.15, 0.2) is 36.4 Å². The molecule has 0 saturated carbocycles. The lowest BCUT2D eigenvalue weighted by Gasteiger charge is -2.19. The summed E-state index contributed by atoms with van der Waals surface area (Å²) in [5, 5.41) is 6.56. The van der Waals surface area contributed by atoms with Gasteiger partial charge in [0.15, 0.2) is 0 Å². The minimum Gasteiger partial charge on any atom is -0.386 e. The van der Waals surface area contributed by atoms with Crippen LogP contribution in [0.4, 0.5) is 8.78 Å². The van der Waals surface area contributed by atoms with Gasteiger partial charge in [0.2, 0.25) is 0 Å². The summed E-state index contributed by atoms with van der Waals surface area (Å²) in [6, 6.07) is 4.27.